The first-order valence-corrected chi connectivity index (χ1v) is 19.9. The van der Waals surface area contributed by atoms with E-state index in [0.29, 0.717) is 0 Å². The molecule has 0 bridgehead atoms. The molecule has 5 heteroatoms. The second-order valence-corrected chi connectivity index (χ2v) is 17.9. The van der Waals surface area contributed by atoms with Gasteiger partial charge in [-0.05, 0) is 0 Å². The third kappa shape index (κ3) is 6.52. The normalized spacial score (nSPS) is 11.7. The molecule has 2 aromatic heterocycles. The average molecular weight is 693 g/mol. The summed E-state index contributed by atoms with van der Waals surface area (Å²) in [5, 5.41) is 9.83. The Morgan fingerprint density at radius 2 is 0.854 bits per heavy atom. The average Bonchev–Trinajstić information content (AvgIpc) is 3.48. The van der Waals surface area contributed by atoms with Gasteiger partial charge in [0.25, 0.3) is 0 Å². The monoisotopic (exact) mass is 690 g/mol. The summed E-state index contributed by atoms with van der Waals surface area (Å²) in [6.07, 6.45) is 7.74. The number of aryl methyl sites for hydroxylation is 2. The number of hydrogen-bond donors (Lipinski definition) is 0. The molecular formula is C36H36Cl2P2Zr. The van der Waals surface area contributed by atoms with Crippen molar-refractivity contribution in [1.29, 1.82) is 0 Å². The maximum atomic E-state index is 2.45. The molecule has 0 N–H and O–H groups in total. The fourth-order valence-corrected chi connectivity index (χ4v) is 18.5. The van der Waals surface area contributed by atoms with Crippen LogP contribution in [0.2, 0.25) is 0 Å². The molecule has 41 heavy (non-hydrogen) atoms. The zero-order valence-electron chi connectivity index (χ0n) is 23.8. The summed E-state index contributed by atoms with van der Waals surface area (Å²) in [6.45, 7) is 4.68. The van der Waals surface area contributed by atoms with Gasteiger partial charge in [-0.3, -0.25) is 0 Å². The van der Waals surface area contributed by atoms with Crippen LogP contribution >= 0.6 is 15.1 Å². The van der Waals surface area contributed by atoms with Crippen LogP contribution in [0.3, 0.4) is 0 Å². The summed E-state index contributed by atoms with van der Waals surface area (Å²) < 4.78 is 3.49. The predicted octanol–water partition coefficient (Wildman–Crippen LogP) is 4.94. The Morgan fingerprint density at radius 3 is 1.24 bits per heavy atom. The molecular weight excluding hydrogens is 656 g/mol. The molecule has 0 aliphatic heterocycles. The largest absolute Gasteiger partial charge is 1.00 e. The molecule has 0 fully saturated rings. The van der Waals surface area contributed by atoms with Crippen LogP contribution in [-0.2, 0) is 35.6 Å². The second-order valence-electron chi connectivity index (χ2n) is 10.3. The van der Waals surface area contributed by atoms with Crippen LogP contribution in [0.1, 0.15) is 39.5 Å². The Balaban J connectivity index is 0.00000194. The zero-order chi connectivity index (χ0) is 26.6. The smallest absolute Gasteiger partial charge is 1.00 e. The molecule has 0 aliphatic carbocycles. The van der Waals surface area contributed by atoms with Gasteiger partial charge in [-0.15, -0.1) is 0 Å². The SMILES string of the molecule is CCCCp1c(-c2ccccc2)[c]([Zr+2][c]2c(-c3ccccc3)p(CCCC)c3ccccc23)c2ccccc21.[Cl-].[Cl-]. The Kier molecular flexibility index (Phi) is 12.0. The van der Waals surface area contributed by atoms with Crippen LogP contribution in [0.15, 0.2) is 109 Å². The number of hydrogen-bond acceptors (Lipinski definition) is 0. The van der Waals surface area contributed by atoms with Crippen LogP contribution in [0.5, 0.6) is 0 Å². The van der Waals surface area contributed by atoms with Gasteiger partial charge in [0.1, 0.15) is 0 Å². The summed E-state index contributed by atoms with van der Waals surface area (Å²) >= 11 is -1.15. The molecule has 0 radical (unpaired) electrons. The van der Waals surface area contributed by atoms with Gasteiger partial charge >= 0.3 is 249 Å². The Labute approximate surface area is 271 Å². The predicted molar refractivity (Wildman–Crippen MR) is 173 cm³/mol. The molecule has 2 unspecified atom stereocenters. The van der Waals surface area contributed by atoms with E-state index in [2.05, 4.69) is 123 Å². The third-order valence-electron chi connectivity index (χ3n) is 7.76. The van der Waals surface area contributed by atoms with Gasteiger partial charge in [0.15, 0.2) is 0 Å². The van der Waals surface area contributed by atoms with Crippen molar-refractivity contribution < 1.29 is 48.0 Å². The fraction of sp³-hybridized carbons (Fsp3) is 0.222. The number of halogens is 2. The van der Waals surface area contributed by atoms with Crippen molar-refractivity contribution in [2.24, 2.45) is 0 Å². The standard InChI is InChI=1S/2C18H18P.2ClH.Zr/c2*1-2-3-13-19-17-12-8-7-11-16(17)14-18(19)15-9-5-4-6-10-15;;;/h2*4-12H,2-3,13H2,1H3;2*1H;/q;;;;+2/p-2. The van der Waals surface area contributed by atoms with Crippen molar-refractivity contribution in [3.8, 4) is 21.7 Å². The molecule has 4 aromatic carbocycles. The second kappa shape index (κ2) is 15.2. The van der Waals surface area contributed by atoms with E-state index in [1.807, 2.05) is 0 Å². The van der Waals surface area contributed by atoms with E-state index in [1.54, 1.807) is 38.1 Å². The molecule has 6 aromatic rings. The number of rotatable bonds is 10. The molecule has 0 spiro atoms. The minimum Gasteiger partial charge on any atom is -1.00 e. The minimum absolute atomic E-state index is 0. The quantitative estimate of drug-likeness (QED) is 0.191. The van der Waals surface area contributed by atoms with Gasteiger partial charge < -0.3 is 24.8 Å². The first-order chi connectivity index (χ1) is 19.3. The maximum Gasteiger partial charge on any atom is -1.00 e. The molecule has 0 amide bonds. The van der Waals surface area contributed by atoms with Crippen molar-refractivity contribution in [3.05, 3.63) is 109 Å². The van der Waals surface area contributed by atoms with Gasteiger partial charge in [-0.1, -0.05) is 0 Å². The summed E-state index contributed by atoms with van der Waals surface area (Å²) in [6, 6.07) is 41.8. The molecule has 2 heterocycles. The van der Waals surface area contributed by atoms with Crippen LogP contribution in [0.4, 0.5) is 0 Å². The van der Waals surface area contributed by atoms with Crippen LogP contribution in [-0.4, -0.2) is 0 Å². The molecule has 0 saturated heterocycles. The van der Waals surface area contributed by atoms with E-state index < -0.39 is 23.2 Å². The fourth-order valence-electron chi connectivity index (χ4n) is 5.87. The summed E-state index contributed by atoms with van der Waals surface area (Å²) in [4.78, 5) is 0. The third-order valence-corrected chi connectivity index (χ3v) is 18.1. The summed E-state index contributed by atoms with van der Waals surface area (Å²) in [5.74, 6) is 0. The molecule has 6 rings (SSSR count). The van der Waals surface area contributed by atoms with E-state index in [1.165, 1.54) is 49.1 Å². The van der Waals surface area contributed by atoms with Crippen LogP contribution in [0, 0.1) is 0 Å². The van der Waals surface area contributed by atoms with E-state index in [9.17, 15) is 0 Å². The summed E-state index contributed by atoms with van der Waals surface area (Å²) in [5.41, 5.74) is 2.93. The van der Waals surface area contributed by atoms with E-state index >= 15 is 0 Å². The van der Waals surface area contributed by atoms with E-state index in [4.69, 9.17) is 0 Å². The van der Waals surface area contributed by atoms with Gasteiger partial charge in [0.2, 0.25) is 0 Å². The number of unbranched alkanes of at least 4 members (excludes halogenated alkanes) is 2. The Hall–Kier alpha value is -1.58. The Bertz CT molecular complexity index is 1580. The van der Waals surface area contributed by atoms with Crippen molar-refractivity contribution >= 4 is 42.6 Å². The zero-order valence-corrected chi connectivity index (χ0v) is 29.5. The van der Waals surface area contributed by atoms with Gasteiger partial charge in [-0.25, -0.2) is 0 Å². The molecule has 2 atom stereocenters. The first-order valence-electron chi connectivity index (χ1n) is 14.4. The maximum absolute atomic E-state index is 2.45. The Morgan fingerprint density at radius 1 is 0.488 bits per heavy atom. The number of benzene rings is 4. The van der Waals surface area contributed by atoms with Gasteiger partial charge in [0.05, 0.1) is 0 Å². The minimum atomic E-state index is -1.15. The molecule has 0 nitrogen and oxygen atoms in total. The van der Waals surface area contributed by atoms with Crippen molar-refractivity contribution in [2.75, 3.05) is 0 Å². The van der Waals surface area contributed by atoms with Gasteiger partial charge in [0, 0.05) is 0 Å². The van der Waals surface area contributed by atoms with Crippen LogP contribution in [0.25, 0.3) is 42.7 Å². The number of fused-ring (bicyclic) bond motifs is 2. The molecule has 0 aliphatic rings. The van der Waals surface area contributed by atoms with Crippen molar-refractivity contribution in [3.63, 3.8) is 0 Å². The van der Waals surface area contributed by atoms with Crippen LogP contribution < -0.4 is 31.4 Å². The van der Waals surface area contributed by atoms with E-state index in [0.717, 1.165) is 0 Å². The van der Waals surface area contributed by atoms with Crippen molar-refractivity contribution in [1.82, 2.24) is 0 Å². The first kappa shape index (κ1) is 32.3. The van der Waals surface area contributed by atoms with Crippen molar-refractivity contribution in [2.45, 2.75) is 51.9 Å². The topological polar surface area (TPSA) is 0 Å². The molecule has 0 saturated carbocycles. The summed E-state index contributed by atoms with van der Waals surface area (Å²) in [7, 11) is -0.635. The van der Waals surface area contributed by atoms with E-state index in [-0.39, 0.29) is 39.9 Å². The van der Waals surface area contributed by atoms with Gasteiger partial charge in [-0.2, -0.15) is 0 Å². The molecule has 208 valence electrons.